The minimum atomic E-state index is 0.339. The smallest absolute Gasteiger partial charge is 0.163 e. The van der Waals surface area contributed by atoms with Crippen LogP contribution in [0, 0.1) is 0 Å². The molecule has 0 radical (unpaired) electrons. The summed E-state index contributed by atoms with van der Waals surface area (Å²) in [6, 6.07) is 6.88. The zero-order chi connectivity index (χ0) is 18.5. The maximum Gasteiger partial charge on any atom is 0.163 e. The van der Waals surface area contributed by atoms with Gasteiger partial charge in [0.1, 0.15) is 0 Å². The zero-order valence-corrected chi connectivity index (χ0v) is 16.5. The van der Waals surface area contributed by atoms with E-state index in [0.717, 1.165) is 76.8 Å². The molecule has 1 atom stereocenters. The highest BCUT2D eigenvalue weighted by Crippen LogP contribution is 2.35. The third-order valence-electron chi connectivity index (χ3n) is 5.95. The fraction of sp³-hybridized carbons (Fsp3) is 0.714. The Hall–Kier alpha value is -1.50. The molecular formula is C21H33N3O3. The van der Waals surface area contributed by atoms with Crippen LogP contribution >= 0.6 is 0 Å². The molecule has 0 bridgehead atoms. The van der Waals surface area contributed by atoms with Gasteiger partial charge < -0.3 is 24.4 Å². The van der Waals surface area contributed by atoms with Gasteiger partial charge in [-0.05, 0) is 37.8 Å². The van der Waals surface area contributed by atoms with Crippen LogP contribution in [0.4, 0.5) is 5.69 Å². The van der Waals surface area contributed by atoms with Crippen LogP contribution in [0.15, 0.2) is 18.2 Å². The van der Waals surface area contributed by atoms with E-state index in [1.54, 1.807) is 7.11 Å². The first kappa shape index (κ1) is 18.8. The molecule has 2 heterocycles. The summed E-state index contributed by atoms with van der Waals surface area (Å²) < 4.78 is 17.3. The Balaban J connectivity index is 1.41. The second-order valence-corrected chi connectivity index (χ2v) is 7.87. The average Bonchev–Trinajstić information content (AvgIpc) is 3.22. The Morgan fingerprint density at radius 3 is 2.70 bits per heavy atom. The van der Waals surface area contributed by atoms with E-state index in [-0.39, 0.29) is 0 Å². The van der Waals surface area contributed by atoms with Gasteiger partial charge in [0.2, 0.25) is 0 Å². The van der Waals surface area contributed by atoms with E-state index >= 15 is 0 Å². The van der Waals surface area contributed by atoms with Gasteiger partial charge in [-0.25, -0.2) is 0 Å². The SMILES string of the molecule is COc1ccc(N2CCN[C@@H](CN3CCOCC3)C2)cc1OC1CCCC1. The predicted octanol–water partition coefficient (Wildman–Crippen LogP) is 2.13. The van der Waals surface area contributed by atoms with E-state index in [0.29, 0.717) is 12.1 Å². The second kappa shape index (κ2) is 9.13. The van der Waals surface area contributed by atoms with Crippen molar-refractivity contribution in [2.24, 2.45) is 0 Å². The normalized spacial score (nSPS) is 24.9. The number of anilines is 1. The van der Waals surface area contributed by atoms with Crippen LogP contribution in [0.25, 0.3) is 0 Å². The monoisotopic (exact) mass is 375 g/mol. The average molecular weight is 376 g/mol. The van der Waals surface area contributed by atoms with Crippen molar-refractivity contribution in [3.05, 3.63) is 18.2 Å². The number of nitrogens with zero attached hydrogens (tertiary/aromatic N) is 2. The molecule has 0 aromatic heterocycles. The van der Waals surface area contributed by atoms with E-state index in [9.17, 15) is 0 Å². The van der Waals surface area contributed by atoms with E-state index in [4.69, 9.17) is 14.2 Å². The highest BCUT2D eigenvalue weighted by molar-refractivity contribution is 5.57. The number of methoxy groups -OCH3 is 1. The van der Waals surface area contributed by atoms with Crippen molar-refractivity contribution in [3.63, 3.8) is 0 Å². The standard InChI is InChI=1S/C21H33N3O3/c1-25-20-7-6-18(14-21(20)27-19-4-2-3-5-19)24-9-8-22-17(16-24)15-23-10-12-26-13-11-23/h6-7,14,17,19,22H,2-5,8-13,15-16H2,1H3/t17-/m0/s1. The summed E-state index contributed by atoms with van der Waals surface area (Å²) in [4.78, 5) is 4.98. The number of morpholine rings is 1. The third-order valence-corrected chi connectivity index (χ3v) is 5.95. The van der Waals surface area contributed by atoms with Crippen LogP contribution in [0.1, 0.15) is 25.7 Å². The van der Waals surface area contributed by atoms with Crippen LogP contribution in [0.2, 0.25) is 0 Å². The van der Waals surface area contributed by atoms with Crippen LogP contribution in [0.5, 0.6) is 11.5 Å². The molecule has 4 rings (SSSR count). The fourth-order valence-electron chi connectivity index (χ4n) is 4.42. The third kappa shape index (κ3) is 4.86. The first-order valence-electron chi connectivity index (χ1n) is 10.4. The lowest BCUT2D eigenvalue weighted by molar-refractivity contribution is 0.0334. The molecule has 3 fully saturated rings. The lowest BCUT2D eigenvalue weighted by Crippen LogP contribution is -2.56. The van der Waals surface area contributed by atoms with Gasteiger partial charge in [-0.15, -0.1) is 0 Å². The fourth-order valence-corrected chi connectivity index (χ4v) is 4.42. The van der Waals surface area contributed by atoms with Crippen molar-refractivity contribution in [3.8, 4) is 11.5 Å². The Morgan fingerprint density at radius 2 is 1.93 bits per heavy atom. The molecule has 3 aliphatic rings. The molecule has 2 saturated heterocycles. The first-order valence-corrected chi connectivity index (χ1v) is 10.4. The summed E-state index contributed by atoms with van der Waals surface area (Å²) in [7, 11) is 1.72. The predicted molar refractivity (Wildman–Crippen MR) is 107 cm³/mol. The number of benzene rings is 1. The highest BCUT2D eigenvalue weighted by Gasteiger charge is 2.24. The maximum absolute atomic E-state index is 6.29. The number of hydrogen-bond acceptors (Lipinski definition) is 6. The molecule has 2 aliphatic heterocycles. The molecule has 0 unspecified atom stereocenters. The quantitative estimate of drug-likeness (QED) is 0.822. The van der Waals surface area contributed by atoms with Crippen molar-refractivity contribution in [2.45, 2.75) is 37.8 Å². The van der Waals surface area contributed by atoms with Crippen LogP contribution in [0.3, 0.4) is 0 Å². The minimum absolute atomic E-state index is 0.339. The number of hydrogen-bond donors (Lipinski definition) is 1. The lowest BCUT2D eigenvalue weighted by Gasteiger charge is -2.38. The first-order chi connectivity index (χ1) is 13.3. The van der Waals surface area contributed by atoms with Crippen molar-refractivity contribution in [1.82, 2.24) is 10.2 Å². The molecule has 1 aliphatic carbocycles. The van der Waals surface area contributed by atoms with Gasteiger partial charge in [-0.3, -0.25) is 4.90 Å². The van der Waals surface area contributed by atoms with E-state index < -0.39 is 0 Å². The maximum atomic E-state index is 6.29. The molecule has 6 nitrogen and oxygen atoms in total. The number of ether oxygens (including phenoxy) is 3. The zero-order valence-electron chi connectivity index (χ0n) is 16.5. The molecule has 27 heavy (non-hydrogen) atoms. The molecule has 0 amide bonds. The summed E-state index contributed by atoms with van der Waals surface area (Å²) >= 11 is 0. The number of rotatable bonds is 6. The Kier molecular flexibility index (Phi) is 6.37. The Bertz CT molecular complexity index is 600. The Morgan fingerprint density at radius 1 is 1.11 bits per heavy atom. The van der Waals surface area contributed by atoms with Crippen molar-refractivity contribution < 1.29 is 14.2 Å². The van der Waals surface area contributed by atoms with Gasteiger partial charge >= 0.3 is 0 Å². The molecule has 6 heteroatoms. The molecule has 0 spiro atoms. The minimum Gasteiger partial charge on any atom is -0.493 e. The summed E-state index contributed by atoms with van der Waals surface area (Å²) in [6.07, 6.45) is 5.19. The molecule has 1 saturated carbocycles. The number of nitrogens with one attached hydrogen (secondary N) is 1. The van der Waals surface area contributed by atoms with Gasteiger partial charge in [0.15, 0.2) is 11.5 Å². The topological polar surface area (TPSA) is 46.2 Å². The van der Waals surface area contributed by atoms with Crippen molar-refractivity contribution >= 4 is 5.69 Å². The highest BCUT2D eigenvalue weighted by atomic mass is 16.5. The Labute approximate surface area is 162 Å². The summed E-state index contributed by atoms with van der Waals surface area (Å²) in [5.74, 6) is 1.73. The molecule has 1 aromatic carbocycles. The van der Waals surface area contributed by atoms with Gasteiger partial charge in [-0.2, -0.15) is 0 Å². The van der Waals surface area contributed by atoms with Gasteiger partial charge in [0, 0.05) is 57.1 Å². The molecule has 150 valence electrons. The lowest BCUT2D eigenvalue weighted by atomic mass is 10.1. The summed E-state index contributed by atoms with van der Waals surface area (Å²) in [6.45, 7) is 7.94. The van der Waals surface area contributed by atoms with E-state index in [2.05, 4.69) is 33.3 Å². The van der Waals surface area contributed by atoms with Gasteiger partial charge in [0.05, 0.1) is 26.4 Å². The summed E-state index contributed by atoms with van der Waals surface area (Å²) in [5.41, 5.74) is 1.23. The number of piperazine rings is 1. The van der Waals surface area contributed by atoms with Crippen LogP contribution < -0.4 is 19.7 Å². The molecular weight excluding hydrogens is 342 g/mol. The second-order valence-electron chi connectivity index (χ2n) is 7.87. The summed E-state index contributed by atoms with van der Waals surface area (Å²) in [5, 5.41) is 3.68. The molecule has 1 aromatic rings. The van der Waals surface area contributed by atoms with Gasteiger partial charge in [-0.1, -0.05) is 0 Å². The van der Waals surface area contributed by atoms with Gasteiger partial charge in [0.25, 0.3) is 0 Å². The van der Waals surface area contributed by atoms with Crippen LogP contribution in [-0.4, -0.2) is 76.6 Å². The van der Waals surface area contributed by atoms with Crippen molar-refractivity contribution in [1.29, 1.82) is 0 Å². The van der Waals surface area contributed by atoms with E-state index in [1.165, 1.54) is 18.5 Å². The van der Waals surface area contributed by atoms with Crippen LogP contribution in [-0.2, 0) is 4.74 Å². The van der Waals surface area contributed by atoms with Crippen molar-refractivity contribution in [2.75, 3.05) is 64.5 Å². The largest absolute Gasteiger partial charge is 0.493 e. The molecule has 1 N–H and O–H groups in total. The van der Waals surface area contributed by atoms with E-state index in [1.807, 2.05) is 0 Å².